The molecule has 4 fully saturated rings. The van der Waals surface area contributed by atoms with Gasteiger partial charge in [-0.05, 0) is 43.8 Å². The second-order valence-corrected chi connectivity index (χ2v) is 14.2. The van der Waals surface area contributed by atoms with Crippen molar-refractivity contribution in [2.24, 2.45) is 22.7 Å². The Morgan fingerprint density at radius 3 is 2.27 bits per heavy atom. The Bertz CT molecular complexity index is 1350. The van der Waals surface area contributed by atoms with Gasteiger partial charge in [0, 0.05) is 119 Å². The molecular weight excluding hydrogens is 1060 g/mol. The van der Waals surface area contributed by atoms with Gasteiger partial charge in [0.25, 0.3) is 0 Å². The average molecular weight is 1110 g/mol. The van der Waals surface area contributed by atoms with Crippen LogP contribution in [0.5, 0.6) is 0 Å². The van der Waals surface area contributed by atoms with E-state index in [1.54, 1.807) is 13.8 Å². The zero-order valence-electron chi connectivity index (χ0n) is 27.9. The normalized spacial score (nSPS) is 39.2. The summed E-state index contributed by atoms with van der Waals surface area (Å²) in [5.41, 5.74) is -7.23. The van der Waals surface area contributed by atoms with Crippen LogP contribution in [0.3, 0.4) is 0 Å². The molecule has 0 spiro atoms. The molecule has 5 aliphatic rings. The molecule has 3 saturated carbocycles. The van der Waals surface area contributed by atoms with E-state index < -0.39 is 101 Å². The second-order valence-electron chi connectivity index (χ2n) is 14.2. The van der Waals surface area contributed by atoms with E-state index in [1.807, 2.05) is 0 Å². The number of carbonyl (C=O) groups is 4. The maximum atomic E-state index is 14.3. The first-order valence-electron chi connectivity index (χ1n) is 15.6. The van der Waals surface area contributed by atoms with Crippen molar-refractivity contribution in [1.29, 1.82) is 0 Å². The van der Waals surface area contributed by atoms with Crippen molar-refractivity contribution in [2.45, 2.75) is 114 Å². The van der Waals surface area contributed by atoms with Crippen LogP contribution in [0.2, 0.25) is 0 Å². The molecule has 0 aromatic heterocycles. The molecule has 16 heteroatoms. The third-order valence-electron chi connectivity index (χ3n) is 11.3. The zero-order chi connectivity index (χ0) is 34.1. The number of Topliss-reactive ketones (excluding diaryl/α,β-unsaturated/α-hetero) is 1. The fourth-order valence-corrected chi connectivity index (χ4v) is 8.38. The minimum absolute atomic E-state index is 0. The quantitative estimate of drug-likeness (QED) is 0.106. The van der Waals surface area contributed by atoms with Gasteiger partial charge in [0.15, 0.2) is 11.9 Å². The van der Waals surface area contributed by atoms with Gasteiger partial charge in [-0.15, -0.1) is 0 Å². The number of carbonyl (C=O) groups excluding carboxylic acids is 4. The third kappa shape index (κ3) is 6.81. The van der Waals surface area contributed by atoms with Crippen LogP contribution in [0.1, 0.15) is 60.3 Å². The first-order valence-corrected chi connectivity index (χ1v) is 15.6. The molecule has 1 saturated heterocycles. The third-order valence-corrected chi connectivity index (χ3v) is 11.3. The maximum Gasteiger partial charge on any atom is 0.407 e. The van der Waals surface area contributed by atoms with Gasteiger partial charge in [-0.2, -0.15) is 0 Å². The summed E-state index contributed by atoms with van der Waals surface area (Å²) in [6.45, 7) is 10.2. The van der Waals surface area contributed by atoms with Crippen molar-refractivity contribution >= 4 is 23.8 Å². The number of ketones is 1. The first-order chi connectivity index (χ1) is 21.4. The summed E-state index contributed by atoms with van der Waals surface area (Å²) in [6, 6.07) is -1.04. The summed E-state index contributed by atoms with van der Waals surface area (Å²) in [7, 11) is 0. The molecule has 2 bridgehead atoms. The number of aliphatic hydroxyl groups is 5. The van der Waals surface area contributed by atoms with Crippen molar-refractivity contribution in [3.63, 3.8) is 0 Å². The van der Waals surface area contributed by atoms with Crippen LogP contribution >= 0.6 is 0 Å². The van der Waals surface area contributed by atoms with Gasteiger partial charge in [-0.3, -0.25) is 9.59 Å². The molecule has 0 aromatic carbocycles. The van der Waals surface area contributed by atoms with Crippen LogP contribution in [0.25, 0.3) is 0 Å². The molecule has 4 aliphatic carbocycles. The van der Waals surface area contributed by atoms with Gasteiger partial charge in [-0.25, -0.2) is 9.59 Å². The van der Waals surface area contributed by atoms with Crippen LogP contribution in [0, 0.1) is 111 Å². The van der Waals surface area contributed by atoms with Gasteiger partial charge < -0.3 is 49.8 Å². The number of fused-ring (bicyclic) bond motifs is 5. The monoisotopic (exact) mass is 1110 g/mol. The molecule has 0 aromatic rings. The Morgan fingerprint density at radius 2 is 1.75 bits per heavy atom. The SMILES string of the molecule is C=CCOC(=O)N[C@@H](C1CC1)[C@@H](O)C(=O)O[C@H]1C[C@@]2(O)[C@@H](OC(C)=O)[C@@H]3[C@]4(O)CO[C@@H]4C[C@H](O)[C@@]3(C)C(=O)[C@H](O)C(=C1C)C2(C)C.[Ac].[Ac]. The summed E-state index contributed by atoms with van der Waals surface area (Å²) in [5.74, 6) is -4.51. The van der Waals surface area contributed by atoms with E-state index in [4.69, 9.17) is 18.9 Å². The van der Waals surface area contributed by atoms with Gasteiger partial charge in [-0.1, -0.05) is 26.5 Å². The Balaban J connectivity index is 0.00000312. The van der Waals surface area contributed by atoms with Crippen molar-refractivity contribution in [3.05, 3.63) is 23.8 Å². The number of hydrogen-bond acceptors (Lipinski definition) is 13. The topological polar surface area (TPSA) is 218 Å². The second kappa shape index (κ2) is 15.2. The fourth-order valence-electron chi connectivity index (χ4n) is 8.38. The molecule has 5 rings (SSSR count). The summed E-state index contributed by atoms with van der Waals surface area (Å²) in [5, 5.41) is 61.3. The van der Waals surface area contributed by atoms with E-state index in [0.29, 0.717) is 12.8 Å². The van der Waals surface area contributed by atoms with Crippen molar-refractivity contribution in [1.82, 2.24) is 5.32 Å². The minimum atomic E-state index is -2.20. The number of hydrogen-bond donors (Lipinski definition) is 6. The summed E-state index contributed by atoms with van der Waals surface area (Å²) >= 11 is 0. The van der Waals surface area contributed by atoms with Crippen LogP contribution in [0.15, 0.2) is 23.8 Å². The van der Waals surface area contributed by atoms with Crippen molar-refractivity contribution in [2.75, 3.05) is 13.2 Å². The predicted molar refractivity (Wildman–Crippen MR) is 157 cm³/mol. The maximum absolute atomic E-state index is 14.3. The summed E-state index contributed by atoms with van der Waals surface area (Å²) in [4.78, 5) is 52.6. The number of amides is 1. The number of ether oxygens (including phenoxy) is 4. The van der Waals surface area contributed by atoms with E-state index in [-0.39, 0.29) is 125 Å². The molecular formula is C32H45Ac2NO13. The molecule has 1 amide bonds. The van der Waals surface area contributed by atoms with Gasteiger partial charge in [0.05, 0.1) is 30.3 Å². The molecule has 6 N–H and O–H groups in total. The summed E-state index contributed by atoms with van der Waals surface area (Å²) < 4.78 is 22.0. The smallest absolute Gasteiger partial charge is 0.407 e. The van der Waals surface area contributed by atoms with Crippen molar-refractivity contribution < 1.29 is 152 Å². The molecule has 0 unspecified atom stereocenters. The number of aliphatic hydroxyl groups excluding tert-OH is 3. The van der Waals surface area contributed by atoms with Gasteiger partial charge >= 0.3 is 18.0 Å². The number of rotatable bonds is 8. The van der Waals surface area contributed by atoms with E-state index in [9.17, 15) is 44.7 Å². The molecule has 48 heavy (non-hydrogen) atoms. The zero-order valence-corrected chi connectivity index (χ0v) is 37.4. The van der Waals surface area contributed by atoms with Crippen molar-refractivity contribution in [3.8, 4) is 0 Å². The van der Waals surface area contributed by atoms with Crippen LogP contribution in [0.4, 0.5) is 4.79 Å². The van der Waals surface area contributed by atoms with E-state index >= 15 is 0 Å². The van der Waals surface area contributed by atoms with Crippen LogP contribution < -0.4 is 5.32 Å². The van der Waals surface area contributed by atoms with Gasteiger partial charge in [0.2, 0.25) is 0 Å². The molecule has 11 atom stereocenters. The number of alkyl carbamates (subject to hydrolysis) is 1. The van der Waals surface area contributed by atoms with E-state index in [2.05, 4.69) is 11.9 Å². The van der Waals surface area contributed by atoms with Crippen LogP contribution in [-0.4, -0.2) is 116 Å². The Labute approximate surface area is 350 Å². The van der Waals surface area contributed by atoms with E-state index in [1.165, 1.54) is 19.9 Å². The molecule has 1 heterocycles. The van der Waals surface area contributed by atoms with E-state index in [0.717, 1.165) is 6.92 Å². The fraction of sp³-hybridized carbons (Fsp3) is 0.750. The van der Waals surface area contributed by atoms with Crippen LogP contribution in [-0.2, 0) is 33.3 Å². The Kier molecular flexibility index (Phi) is 13.4. The molecule has 262 valence electrons. The minimum Gasteiger partial charge on any atom is -0.459 e. The predicted octanol–water partition coefficient (Wildman–Crippen LogP) is -0.180. The molecule has 14 nitrogen and oxygen atoms in total. The number of nitrogens with one attached hydrogen (secondary N) is 1. The average Bonchev–Trinajstić information content (AvgIpc) is 3.82. The summed E-state index contributed by atoms with van der Waals surface area (Å²) in [6.07, 6.45) is -7.93. The standard InChI is InChI=1S/C32H45NO13.2Ac/c1-7-10-43-28(40)33-21(16-8-9-16)23(37)27(39)46-17-12-32(42)26(45-15(3)34)24-30(6,18(35)11-19-31(24,41)13-44-19)25(38)22(36)20(14(17)2)29(32,4)5;;/h7,16-19,21-24,26,35-37,41-42H,1,8-13H2,2-6H3,(H,33,40);;/t17-,18-,19+,21-,22+,23+,24-,26-,30+,31-,32+;;/m0../s1. The molecule has 1 aliphatic heterocycles. The molecule has 2 radical (unpaired) electrons. The first kappa shape index (κ1) is 42.4. The largest absolute Gasteiger partial charge is 0.459 e. The van der Waals surface area contributed by atoms with Gasteiger partial charge in [0.1, 0.15) is 36.1 Å². The Hall–Kier alpha value is 0.00312. The Morgan fingerprint density at radius 1 is 1.12 bits per heavy atom. The number of esters is 2.